The Morgan fingerprint density at radius 2 is 2.25 bits per heavy atom. The van der Waals surface area contributed by atoms with E-state index in [1.54, 1.807) is 18.4 Å². The first-order valence-corrected chi connectivity index (χ1v) is 7.57. The molecule has 0 radical (unpaired) electrons. The van der Waals surface area contributed by atoms with Crippen LogP contribution in [0.15, 0.2) is 24.4 Å². The van der Waals surface area contributed by atoms with Gasteiger partial charge in [-0.05, 0) is 19.1 Å². The number of thiazole rings is 1. The highest BCUT2D eigenvalue weighted by Crippen LogP contribution is 2.24. The molecule has 0 spiro atoms. The van der Waals surface area contributed by atoms with Crippen molar-refractivity contribution in [1.29, 1.82) is 0 Å². The molecule has 0 aliphatic rings. The van der Waals surface area contributed by atoms with Crippen LogP contribution in [-0.4, -0.2) is 21.6 Å². The largest absolute Gasteiger partial charge is 0.497 e. The second-order valence-electron chi connectivity index (χ2n) is 4.47. The average molecular weight is 308 g/mol. The standard InChI is InChI=1S/C14H14ClN3OS/c1-9-7-16-14(20-9)8-18-12-5-10(19-2)3-4-11(12)17-13(18)6-15/h3-5,7H,6,8H2,1-2H3. The number of imidazole rings is 1. The second-order valence-corrected chi connectivity index (χ2v) is 6.05. The van der Waals surface area contributed by atoms with Crippen molar-refractivity contribution in [2.24, 2.45) is 0 Å². The summed E-state index contributed by atoms with van der Waals surface area (Å²) in [7, 11) is 1.66. The minimum atomic E-state index is 0.376. The number of halogens is 1. The summed E-state index contributed by atoms with van der Waals surface area (Å²) in [4.78, 5) is 10.2. The summed E-state index contributed by atoms with van der Waals surface area (Å²) in [6.45, 7) is 2.74. The van der Waals surface area contributed by atoms with Gasteiger partial charge in [0, 0.05) is 17.1 Å². The van der Waals surface area contributed by atoms with E-state index in [2.05, 4.69) is 21.5 Å². The zero-order chi connectivity index (χ0) is 14.1. The van der Waals surface area contributed by atoms with Gasteiger partial charge in [-0.2, -0.15) is 0 Å². The van der Waals surface area contributed by atoms with Crippen molar-refractivity contribution in [2.75, 3.05) is 7.11 Å². The molecule has 0 saturated heterocycles. The normalized spacial score (nSPS) is 11.2. The molecule has 1 aromatic carbocycles. The van der Waals surface area contributed by atoms with Gasteiger partial charge in [0.05, 0.1) is 30.6 Å². The number of nitrogens with zero attached hydrogens (tertiary/aromatic N) is 3. The van der Waals surface area contributed by atoms with Crippen LogP contribution < -0.4 is 4.74 Å². The summed E-state index contributed by atoms with van der Waals surface area (Å²) < 4.78 is 7.39. The van der Waals surface area contributed by atoms with E-state index in [-0.39, 0.29) is 0 Å². The van der Waals surface area contributed by atoms with Gasteiger partial charge in [-0.25, -0.2) is 9.97 Å². The molecule has 0 bridgehead atoms. The van der Waals surface area contributed by atoms with Crippen LogP contribution in [0.4, 0.5) is 0 Å². The zero-order valence-corrected chi connectivity index (χ0v) is 12.8. The molecule has 104 valence electrons. The van der Waals surface area contributed by atoms with Gasteiger partial charge < -0.3 is 9.30 Å². The van der Waals surface area contributed by atoms with Crippen molar-refractivity contribution in [1.82, 2.24) is 14.5 Å². The van der Waals surface area contributed by atoms with E-state index in [1.165, 1.54) is 4.88 Å². The molecule has 0 unspecified atom stereocenters. The van der Waals surface area contributed by atoms with Gasteiger partial charge in [-0.1, -0.05) is 0 Å². The topological polar surface area (TPSA) is 39.9 Å². The van der Waals surface area contributed by atoms with Crippen molar-refractivity contribution >= 4 is 34.0 Å². The first kappa shape index (κ1) is 13.4. The number of aryl methyl sites for hydroxylation is 1. The molecule has 0 aliphatic heterocycles. The van der Waals surface area contributed by atoms with Crippen LogP contribution in [0.3, 0.4) is 0 Å². The van der Waals surface area contributed by atoms with Crippen LogP contribution in [0.1, 0.15) is 15.7 Å². The second kappa shape index (κ2) is 5.42. The van der Waals surface area contributed by atoms with Crippen molar-refractivity contribution in [3.05, 3.63) is 40.1 Å². The minimum Gasteiger partial charge on any atom is -0.497 e. The Balaban J connectivity index is 2.10. The van der Waals surface area contributed by atoms with Crippen LogP contribution >= 0.6 is 22.9 Å². The Morgan fingerprint density at radius 3 is 2.90 bits per heavy atom. The van der Waals surface area contributed by atoms with Crippen molar-refractivity contribution in [3.63, 3.8) is 0 Å². The van der Waals surface area contributed by atoms with Gasteiger partial charge >= 0.3 is 0 Å². The number of hydrogen-bond donors (Lipinski definition) is 0. The van der Waals surface area contributed by atoms with Crippen LogP contribution in [0, 0.1) is 6.92 Å². The van der Waals surface area contributed by atoms with E-state index in [9.17, 15) is 0 Å². The number of alkyl halides is 1. The highest BCUT2D eigenvalue weighted by Gasteiger charge is 2.12. The van der Waals surface area contributed by atoms with Crippen LogP contribution in [0.25, 0.3) is 11.0 Å². The molecule has 0 atom stereocenters. The monoisotopic (exact) mass is 307 g/mol. The Hall–Kier alpha value is -1.59. The maximum absolute atomic E-state index is 6.02. The number of rotatable bonds is 4. The van der Waals surface area contributed by atoms with E-state index in [0.29, 0.717) is 12.4 Å². The highest BCUT2D eigenvalue weighted by molar-refractivity contribution is 7.11. The van der Waals surface area contributed by atoms with Gasteiger partial charge in [0.25, 0.3) is 0 Å². The first-order chi connectivity index (χ1) is 9.71. The third kappa shape index (κ3) is 2.39. The summed E-state index contributed by atoms with van der Waals surface area (Å²) in [6, 6.07) is 5.85. The number of methoxy groups -OCH3 is 1. The van der Waals surface area contributed by atoms with Crippen molar-refractivity contribution in [2.45, 2.75) is 19.3 Å². The molecule has 0 amide bonds. The molecule has 4 nitrogen and oxygen atoms in total. The molecule has 20 heavy (non-hydrogen) atoms. The fourth-order valence-corrected chi connectivity index (χ4v) is 3.15. The lowest BCUT2D eigenvalue weighted by Gasteiger charge is -2.06. The highest BCUT2D eigenvalue weighted by atomic mass is 35.5. The number of benzene rings is 1. The summed E-state index contributed by atoms with van der Waals surface area (Å²) in [5, 5.41) is 1.05. The van der Waals surface area contributed by atoms with Gasteiger partial charge in [0.1, 0.15) is 16.6 Å². The Morgan fingerprint density at radius 1 is 1.40 bits per heavy atom. The van der Waals surface area contributed by atoms with E-state index >= 15 is 0 Å². The van der Waals surface area contributed by atoms with Crippen LogP contribution in [0.2, 0.25) is 0 Å². The van der Waals surface area contributed by atoms with E-state index < -0.39 is 0 Å². The molecule has 0 fully saturated rings. The molecule has 2 heterocycles. The lowest BCUT2D eigenvalue weighted by Crippen LogP contribution is -2.03. The number of hydrogen-bond acceptors (Lipinski definition) is 4. The summed E-state index contributed by atoms with van der Waals surface area (Å²) in [6.07, 6.45) is 1.89. The molecule has 0 saturated carbocycles. The van der Waals surface area contributed by atoms with Gasteiger partial charge in [-0.3, -0.25) is 0 Å². The van der Waals surface area contributed by atoms with Crippen molar-refractivity contribution < 1.29 is 4.74 Å². The number of ether oxygens (including phenoxy) is 1. The molecule has 6 heteroatoms. The maximum Gasteiger partial charge on any atom is 0.125 e. The molecule has 3 aromatic rings. The van der Waals surface area contributed by atoms with Crippen LogP contribution in [-0.2, 0) is 12.4 Å². The summed E-state index contributed by atoms with van der Waals surface area (Å²) in [5.41, 5.74) is 1.95. The average Bonchev–Trinajstić information content (AvgIpc) is 3.03. The molecular weight excluding hydrogens is 294 g/mol. The fraction of sp³-hybridized carbons (Fsp3) is 0.286. The summed E-state index contributed by atoms with van der Waals surface area (Å²) >= 11 is 7.71. The Bertz CT molecular complexity index is 750. The third-order valence-electron chi connectivity index (χ3n) is 3.12. The zero-order valence-electron chi connectivity index (χ0n) is 11.3. The predicted octanol–water partition coefficient (Wildman–Crippen LogP) is 3.60. The predicted molar refractivity (Wildman–Crippen MR) is 81.8 cm³/mol. The minimum absolute atomic E-state index is 0.376. The SMILES string of the molecule is COc1ccc2nc(CCl)n(Cc3ncc(C)s3)c2c1. The summed E-state index contributed by atoms with van der Waals surface area (Å²) in [5.74, 6) is 2.04. The Labute approximate surface area is 126 Å². The van der Waals surface area contributed by atoms with Gasteiger partial charge in [0.15, 0.2) is 0 Å². The number of aromatic nitrogens is 3. The van der Waals surface area contributed by atoms with E-state index in [1.807, 2.05) is 24.4 Å². The van der Waals surface area contributed by atoms with Crippen LogP contribution in [0.5, 0.6) is 5.75 Å². The van der Waals surface area contributed by atoms with E-state index in [4.69, 9.17) is 16.3 Å². The van der Waals surface area contributed by atoms with Gasteiger partial charge in [0.2, 0.25) is 0 Å². The van der Waals surface area contributed by atoms with Crippen molar-refractivity contribution in [3.8, 4) is 5.75 Å². The van der Waals surface area contributed by atoms with Gasteiger partial charge in [-0.15, -0.1) is 22.9 Å². The number of fused-ring (bicyclic) bond motifs is 1. The molecule has 3 rings (SSSR count). The Kier molecular flexibility index (Phi) is 3.63. The lowest BCUT2D eigenvalue weighted by atomic mass is 10.3. The molecule has 2 aromatic heterocycles. The molecular formula is C14H14ClN3OS. The third-order valence-corrected chi connectivity index (χ3v) is 4.25. The molecule has 0 N–H and O–H groups in total. The fourth-order valence-electron chi connectivity index (χ4n) is 2.17. The molecule has 0 aliphatic carbocycles. The first-order valence-electron chi connectivity index (χ1n) is 6.21. The lowest BCUT2D eigenvalue weighted by molar-refractivity contribution is 0.415. The quantitative estimate of drug-likeness (QED) is 0.691. The smallest absolute Gasteiger partial charge is 0.125 e. The maximum atomic E-state index is 6.02. The van der Waals surface area contributed by atoms with E-state index in [0.717, 1.165) is 27.6 Å².